The molecule has 0 heterocycles. The monoisotopic (exact) mass is 442 g/mol. The van der Waals surface area contributed by atoms with Crippen molar-refractivity contribution in [3.8, 4) is 0 Å². The van der Waals surface area contributed by atoms with Gasteiger partial charge in [0.1, 0.15) is 6.10 Å². The second-order valence-corrected chi connectivity index (χ2v) is 13.2. The molecule has 0 radical (unpaired) electrons. The lowest BCUT2D eigenvalue weighted by molar-refractivity contribution is -0.158. The highest BCUT2D eigenvalue weighted by atomic mass is 16.5. The molecule has 0 aromatic rings. The Kier molecular flexibility index (Phi) is 6.92. The lowest BCUT2D eigenvalue weighted by atomic mass is 9.46. The number of allylic oxidation sites excluding steroid dienone is 2. The van der Waals surface area contributed by atoms with E-state index < -0.39 is 0 Å². The van der Waals surface area contributed by atoms with Crippen molar-refractivity contribution in [2.24, 2.45) is 52.3 Å². The molecule has 0 saturated heterocycles. The van der Waals surface area contributed by atoms with Gasteiger partial charge in [0.25, 0.3) is 0 Å². The minimum Gasteiger partial charge on any atom is -0.462 e. The minimum absolute atomic E-state index is 0.106. The van der Waals surface area contributed by atoms with Gasteiger partial charge in [-0.15, -0.1) is 0 Å². The summed E-state index contributed by atoms with van der Waals surface area (Å²) in [6.45, 7) is 16.5. The Bertz CT molecular complexity index is 722. The molecule has 0 aromatic heterocycles. The van der Waals surface area contributed by atoms with Crippen molar-refractivity contribution in [3.05, 3.63) is 11.6 Å². The normalized spacial score (nSPS) is 44.3. The Balaban J connectivity index is 1.50. The summed E-state index contributed by atoms with van der Waals surface area (Å²) in [4.78, 5) is 11.6. The molecule has 3 fully saturated rings. The lowest BCUT2D eigenvalue weighted by Crippen LogP contribution is -2.53. The summed E-state index contributed by atoms with van der Waals surface area (Å²) in [5.41, 5.74) is 2.76. The van der Waals surface area contributed by atoms with Crippen LogP contribution in [0.5, 0.6) is 0 Å². The van der Waals surface area contributed by atoms with Crippen LogP contribution in [0, 0.1) is 52.3 Å². The average Bonchev–Trinajstić information content (AvgIpc) is 3.07. The number of fused-ring (bicyclic) bond motifs is 5. The Hall–Kier alpha value is -0.790. The molecular formula is C30H50O2. The van der Waals surface area contributed by atoms with Crippen LogP contribution < -0.4 is 0 Å². The molecule has 0 amide bonds. The van der Waals surface area contributed by atoms with Crippen LogP contribution in [-0.4, -0.2) is 12.1 Å². The van der Waals surface area contributed by atoms with E-state index in [1.807, 2.05) is 5.57 Å². The molecule has 32 heavy (non-hydrogen) atoms. The van der Waals surface area contributed by atoms with Gasteiger partial charge in [0, 0.05) is 6.92 Å². The first-order valence-corrected chi connectivity index (χ1v) is 13.9. The van der Waals surface area contributed by atoms with Crippen LogP contribution in [0.3, 0.4) is 0 Å². The highest BCUT2D eigenvalue weighted by Gasteiger charge is 2.59. The van der Waals surface area contributed by atoms with Crippen molar-refractivity contribution >= 4 is 5.97 Å². The first-order chi connectivity index (χ1) is 15.1. The van der Waals surface area contributed by atoms with Crippen LogP contribution in [0.25, 0.3) is 0 Å². The third kappa shape index (κ3) is 4.11. The van der Waals surface area contributed by atoms with Gasteiger partial charge < -0.3 is 4.74 Å². The molecule has 7 unspecified atom stereocenters. The van der Waals surface area contributed by atoms with Crippen LogP contribution in [0.15, 0.2) is 11.6 Å². The van der Waals surface area contributed by atoms with E-state index in [-0.39, 0.29) is 12.1 Å². The molecule has 2 heteroatoms. The predicted octanol–water partition coefficient (Wildman–Crippen LogP) is 8.21. The largest absolute Gasteiger partial charge is 0.462 e. The summed E-state index contributed by atoms with van der Waals surface area (Å²) in [6, 6.07) is 0. The van der Waals surface area contributed by atoms with Crippen molar-refractivity contribution in [1.29, 1.82) is 0 Å². The van der Waals surface area contributed by atoms with Gasteiger partial charge in [-0.2, -0.15) is 0 Å². The van der Waals surface area contributed by atoms with Crippen LogP contribution in [0.1, 0.15) is 113 Å². The fourth-order valence-corrected chi connectivity index (χ4v) is 9.33. The second-order valence-electron chi connectivity index (χ2n) is 13.2. The second kappa shape index (κ2) is 9.10. The van der Waals surface area contributed by atoms with Crippen molar-refractivity contribution in [2.75, 3.05) is 0 Å². The van der Waals surface area contributed by atoms with Gasteiger partial charge in [0.2, 0.25) is 0 Å². The number of esters is 1. The fourth-order valence-electron chi connectivity index (χ4n) is 9.33. The Labute approximate surface area is 198 Å². The molecule has 0 N–H and O–H groups in total. The van der Waals surface area contributed by atoms with E-state index >= 15 is 0 Å². The average molecular weight is 443 g/mol. The van der Waals surface area contributed by atoms with E-state index in [0.29, 0.717) is 22.7 Å². The van der Waals surface area contributed by atoms with Gasteiger partial charge >= 0.3 is 5.97 Å². The number of hydrogen-bond donors (Lipinski definition) is 0. The number of rotatable bonds is 6. The maximum atomic E-state index is 11.6. The SMILES string of the molecule is CC(=O)OC1CCC2(C)C3CCC4(C)C(CCC4C(C)CCCC(C)C)C3=CC[C@H]2[C@@H]1C. The van der Waals surface area contributed by atoms with Crippen molar-refractivity contribution in [1.82, 2.24) is 0 Å². The quantitative estimate of drug-likeness (QED) is 0.306. The third-order valence-corrected chi connectivity index (χ3v) is 11.1. The molecule has 4 rings (SSSR count). The van der Waals surface area contributed by atoms with E-state index in [0.717, 1.165) is 36.0 Å². The first-order valence-electron chi connectivity index (χ1n) is 13.9. The molecule has 4 aliphatic carbocycles. The predicted molar refractivity (Wildman–Crippen MR) is 133 cm³/mol. The van der Waals surface area contributed by atoms with Crippen molar-refractivity contribution < 1.29 is 9.53 Å². The highest BCUT2D eigenvalue weighted by molar-refractivity contribution is 5.66. The smallest absolute Gasteiger partial charge is 0.302 e. The molecule has 3 saturated carbocycles. The zero-order valence-electron chi connectivity index (χ0n) is 22.1. The van der Waals surface area contributed by atoms with Gasteiger partial charge in [0.05, 0.1) is 0 Å². The van der Waals surface area contributed by atoms with Crippen LogP contribution in [-0.2, 0) is 9.53 Å². The third-order valence-electron chi connectivity index (χ3n) is 11.1. The van der Waals surface area contributed by atoms with Crippen LogP contribution >= 0.6 is 0 Å². The van der Waals surface area contributed by atoms with Crippen molar-refractivity contribution in [3.63, 3.8) is 0 Å². The van der Waals surface area contributed by atoms with Gasteiger partial charge in [-0.05, 0) is 97.2 Å². The number of carbonyl (C=O) groups excluding carboxylic acids is 1. The summed E-state index contributed by atoms with van der Waals surface area (Å²) < 4.78 is 5.75. The Morgan fingerprint density at radius 1 is 1.03 bits per heavy atom. The summed E-state index contributed by atoms with van der Waals surface area (Å²) in [6.07, 6.45) is 16.2. The van der Waals surface area contributed by atoms with Crippen LogP contribution in [0.2, 0.25) is 0 Å². The minimum atomic E-state index is -0.106. The zero-order valence-corrected chi connectivity index (χ0v) is 22.1. The molecule has 4 aliphatic rings. The van der Waals surface area contributed by atoms with Gasteiger partial charge in [0.15, 0.2) is 0 Å². The molecule has 0 aromatic carbocycles. The van der Waals surface area contributed by atoms with Crippen molar-refractivity contribution in [2.45, 2.75) is 119 Å². The maximum Gasteiger partial charge on any atom is 0.302 e. The maximum absolute atomic E-state index is 11.6. The standard InChI is InChI=1S/C30H50O2/c1-19(2)9-8-10-20(3)24-13-14-26-23-11-12-25-21(4)28(32-22(5)31)16-18-30(25,7)27(23)15-17-29(24,26)6/h11,19-21,24-28H,8-10,12-18H2,1-7H3/t20?,21-,24?,25-,26?,27?,28?,29?,30?/m0/s1. The highest BCUT2D eigenvalue weighted by Crippen LogP contribution is 2.67. The number of hydrogen-bond acceptors (Lipinski definition) is 2. The van der Waals surface area contributed by atoms with Gasteiger partial charge in [-0.25, -0.2) is 0 Å². The number of carbonyl (C=O) groups is 1. The molecule has 0 bridgehead atoms. The van der Waals surface area contributed by atoms with E-state index in [2.05, 4.69) is 47.6 Å². The van der Waals surface area contributed by atoms with Gasteiger partial charge in [-0.3, -0.25) is 4.79 Å². The van der Waals surface area contributed by atoms with Crippen LogP contribution in [0.4, 0.5) is 0 Å². The van der Waals surface area contributed by atoms with E-state index in [1.54, 1.807) is 6.92 Å². The molecule has 0 aliphatic heterocycles. The van der Waals surface area contributed by atoms with E-state index in [1.165, 1.54) is 57.8 Å². The zero-order chi connectivity index (χ0) is 23.3. The lowest BCUT2D eigenvalue weighted by Gasteiger charge is -2.59. The summed E-state index contributed by atoms with van der Waals surface area (Å²) >= 11 is 0. The summed E-state index contributed by atoms with van der Waals surface area (Å²) in [5.74, 6) is 5.21. The Morgan fingerprint density at radius 2 is 1.72 bits per heavy atom. The fraction of sp³-hybridized carbons (Fsp3) is 0.900. The van der Waals surface area contributed by atoms with E-state index in [9.17, 15) is 4.79 Å². The molecule has 2 nitrogen and oxygen atoms in total. The molecule has 182 valence electrons. The first kappa shape index (κ1) is 24.3. The summed E-state index contributed by atoms with van der Waals surface area (Å²) in [5, 5.41) is 0. The van der Waals surface area contributed by atoms with E-state index in [4.69, 9.17) is 4.74 Å². The molecular weight excluding hydrogens is 392 g/mol. The van der Waals surface area contributed by atoms with Gasteiger partial charge in [-0.1, -0.05) is 72.5 Å². The molecule has 9 atom stereocenters. The number of ether oxygens (including phenoxy) is 1. The Morgan fingerprint density at radius 3 is 2.41 bits per heavy atom. The topological polar surface area (TPSA) is 26.3 Å². The molecule has 0 spiro atoms. The summed E-state index contributed by atoms with van der Waals surface area (Å²) in [7, 11) is 0.